The Labute approximate surface area is 113 Å². The third kappa shape index (κ3) is 3.92. The molecule has 0 aromatic heterocycles. The smallest absolute Gasteiger partial charge is 0.337 e. The number of hydrogen-bond acceptors (Lipinski definition) is 8. The van der Waals surface area contributed by atoms with E-state index in [1.807, 2.05) is 0 Å². The number of ether oxygens (including phenoxy) is 4. The average molecular weight is 290 g/mol. The maximum atomic E-state index is 11.1. The Bertz CT molecular complexity index is 430. The first-order chi connectivity index (χ1) is 9.22. The second-order valence-electron chi connectivity index (χ2n) is 4.02. The highest BCUT2D eigenvalue weighted by Crippen LogP contribution is 2.28. The first-order valence-corrected chi connectivity index (χ1v) is 5.62. The highest BCUT2D eigenvalue weighted by Gasteiger charge is 2.54. The van der Waals surface area contributed by atoms with Gasteiger partial charge in [0, 0.05) is 20.8 Å². The molecule has 0 unspecified atom stereocenters. The summed E-state index contributed by atoms with van der Waals surface area (Å²) in [6, 6.07) is 0. The highest BCUT2D eigenvalue weighted by atomic mass is 16.8. The van der Waals surface area contributed by atoms with Crippen molar-refractivity contribution in [3.8, 4) is 0 Å². The molecule has 9 heteroatoms. The van der Waals surface area contributed by atoms with Gasteiger partial charge >= 0.3 is 23.9 Å². The molecule has 1 saturated heterocycles. The summed E-state index contributed by atoms with van der Waals surface area (Å²) in [4.78, 5) is 44.0. The molecule has 0 radical (unpaired) electrons. The van der Waals surface area contributed by atoms with Gasteiger partial charge < -0.3 is 24.1 Å². The van der Waals surface area contributed by atoms with Crippen molar-refractivity contribution < 1.29 is 43.2 Å². The summed E-state index contributed by atoms with van der Waals surface area (Å²) in [7, 11) is 0. The third-order valence-electron chi connectivity index (χ3n) is 2.30. The molecule has 0 spiro atoms. The van der Waals surface area contributed by atoms with Crippen LogP contribution in [-0.2, 0) is 38.1 Å². The Morgan fingerprint density at radius 3 is 1.70 bits per heavy atom. The van der Waals surface area contributed by atoms with E-state index in [-0.39, 0.29) is 0 Å². The van der Waals surface area contributed by atoms with Gasteiger partial charge in [-0.25, -0.2) is 4.79 Å². The topological polar surface area (TPSA) is 125 Å². The molecule has 0 saturated carbocycles. The van der Waals surface area contributed by atoms with Crippen LogP contribution in [0.4, 0.5) is 0 Å². The summed E-state index contributed by atoms with van der Waals surface area (Å²) in [6.07, 6.45) is -5.81. The predicted molar refractivity (Wildman–Crippen MR) is 59.2 cm³/mol. The fourth-order valence-corrected chi connectivity index (χ4v) is 1.72. The fourth-order valence-electron chi connectivity index (χ4n) is 1.72. The van der Waals surface area contributed by atoms with Crippen LogP contribution in [0.1, 0.15) is 20.8 Å². The molecule has 1 rings (SSSR count). The molecule has 112 valence electrons. The molecule has 20 heavy (non-hydrogen) atoms. The third-order valence-corrected chi connectivity index (χ3v) is 2.30. The maximum Gasteiger partial charge on any atom is 0.337 e. The monoisotopic (exact) mass is 290 g/mol. The normalized spacial score (nSPS) is 28.6. The van der Waals surface area contributed by atoms with Crippen molar-refractivity contribution in [3.63, 3.8) is 0 Å². The molecule has 4 atom stereocenters. The zero-order valence-electron chi connectivity index (χ0n) is 11.0. The van der Waals surface area contributed by atoms with Crippen LogP contribution < -0.4 is 0 Å². The molecular weight excluding hydrogens is 276 g/mol. The van der Waals surface area contributed by atoms with Crippen molar-refractivity contribution in [3.05, 3.63) is 0 Å². The zero-order valence-corrected chi connectivity index (χ0v) is 11.0. The fraction of sp³-hybridized carbons (Fsp3) is 0.636. The summed E-state index contributed by atoms with van der Waals surface area (Å²) in [6.45, 7) is 3.20. The van der Waals surface area contributed by atoms with Crippen molar-refractivity contribution in [2.45, 2.75) is 45.4 Å². The number of aliphatic carboxylic acids is 1. The average Bonchev–Trinajstić information content (AvgIpc) is 2.56. The molecule has 9 nitrogen and oxygen atoms in total. The Morgan fingerprint density at radius 1 is 0.850 bits per heavy atom. The van der Waals surface area contributed by atoms with Crippen molar-refractivity contribution in [2.24, 2.45) is 0 Å². The van der Waals surface area contributed by atoms with Gasteiger partial charge in [-0.15, -0.1) is 0 Å². The van der Waals surface area contributed by atoms with Crippen LogP contribution >= 0.6 is 0 Å². The van der Waals surface area contributed by atoms with Crippen molar-refractivity contribution >= 4 is 23.9 Å². The Hall–Kier alpha value is -2.16. The van der Waals surface area contributed by atoms with Crippen molar-refractivity contribution in [2.75, 3.05) is 0 Å². The van der Waals surface area contributed by atoms with Gasteiger partial charge in [0.05, 0.1) is 0 Å². The predicted octanol–water partition coefficient (Wildman–Crippen LogP) is -0.778. The molecular formula is C11H14O9. The van der Waals surface area contributed by atoms with E-state index in [0.717, 1.165) is 20.8 Å². The summed E-state index contributed by atoms with van der Waals surface area (Å²) < 4.78 is 19.3. The molecule has 1 N–H and O–H groups in total. The quantitative estimate of drug-likeness (QED) is 0.524. The summed E-state index contributed by atoms with van der Waals surface area (Å²) in [5.41, 5.74) is 0. The van der Waals surface area contributed by atoms with Gasteiger partial charge in [0.2, 0.25) is 12.4 Å². The molecule has 0 aliphatic carbocycles. The van der Waals surface area contributed by atoms with Crippen LogP contribution in [0.2, 0.25) is 0 Å². The number of rotatable bonds is 4. The number of esters is 3. The first-order valence-electron chi connectivity index (χ1n) is 5.62. The van der Waals surface area contributed by atoms with Gasteiger partial charge in [0.15, 0.2) is 12.2 Å². The van der Waals surface area contributed by atoms with Gasteiger partial charge in [-0.2, -0.15) is 0 Å². The Kier molecular flexibility index (Phi) is 5.03. The van der Waals surface area contributed by atoms with E-state index in [2.05, 4.69) is 0 Å². The van der Waals surface area contributed by atoms with Crippen LogP contribution in [0, 0.1) is 0 Å². The first kappa shape index (κ1) is 15.9. The molecule has 1 aliphatic rings. The molecule has 1 fully saturated rings. The Balaban J connectivity index is 3.01. The molecule has 0 aromatic rings. The number of hydrogen-bond donors (Lipinski definition) is 1. The van der Waals surface area contributed by atoms with Gasteiger partial charge in [0.1, 0.15) is 0 Å². The van der Waals surface area contributed by atoms with Crippen LogP contribution in [-0.4, -0.2) is 53.6 Å². The lowest BCUT2D eigenvalue weighted by Crippen LogP contribution is -2.42. The minimum atomic E-state index is -1.60. The molecule has 1 heterocycles. The van der Waals surface area contributed by atoms with Crippen molar-refractivity contribution in [1.82, 2.24) is 0 Å². The van der Waals surface area contributed by atoms with Crippen LogP contribution in [0.15, 0.2) is 0 Å². The number of carbonyl (C=O) groups is 4. The lowest BCUT2D eigenvalue weighted by Gasteiger charge is -2.21. The summed E-state index contributed by atoms with van der Waals surface area (Å²) >= 11 is 0. The van der Waals surface area contributed by atoms with Gasteiger partial charge in [-0.3, -0.25) is 14.4 Å². The van der Waals surface area contributed by atoms with E-state index in [1.54, 1.807) is 0 Å². The van der Waals surface area contributed by atoms with Crippen LogP contribution in [0.3, 0.4) is 0 Å². The minimum absolute atomic E-state index is 0.764. The molecule has 1 aliphatic heterocycles. The molecule has 0 aromatic carbocycles. The number of carboxylic acid groups (broad SMARTS) is 1. The highest BCUT2D eigenvalue weighted by molar-refractivity contribution is 5.75. The van der Waals surface area contributed by atoms with Gasteiger partial charge in [-0.1, -0.05) is 0 Å². The Morgan fingerprint density at radius 2 is 1.30 bits per heavy atom. The lowest BCUT2D eigenvalue weighted by molar-refractivity contribution is -0.197. The van der Waals surface area contributed by atoms with E-state index >= 15 is 0 Å². The second-order valence-corrected chi connectivity index (χ2v) is 4.02. The SMILES string of the molecule is CC(=O)O[C@@H]1O[C@H](C(=O)O)[C@@H](OC(C)=O)[C@H]1OC(C)=O. The number of carbonyl (C=O) groups excluding carboxylic acids is 3. The largest absolute Gasteiger partial charge is 0.479 e. The maximum absolute atomic E-state index is 11.1. The van der Waals surface area contributed by atoms with Gasteiger partial charge in [0.25, 0.3) is 0 Å². The van der Waals surface area contributed by atoms with E-state index < -0.39 is 48.5 Å². The van der Waals surface area contributed by atoms with Crippen LogP contribution in [0.25, 0.3) is 0 Å². The standard InChI is InChI=1S/C11H14O9/c1-4(12)17-7-8(10(15)16)20-11(19-6(3)14)9(7)18-5(2)13/h7-9,11H,1-3H3,(H,15,16)/t7-,8+,9-,11-/m1/s1. The van der Waals surface area contributed by atoms with E-state index in [1.165, 1.54) is 0 Å². The summed E-state index contributed by atoms with van der Waals surface area (Å²) in [5, 5.41) is 9.00. The van der Waals surface area contributed by atoms with E-state index in [0.29, 0.717) is 0 Å². The number of carboxylic acids is 1. The van der Waals surface area contributed by atoms with Crippen LogP contribution in [0.5, 0.6) is 0 Å². The lowest BCUT2D eigenvalue weighted by atomic mass is 10.1. The summed E-state index contributed by atoms with van der Waals surface area (Å²) in [5.74, 6) is -3.76. The van der Waals surface area contributed by atoms with Gasteiger partial charge in [-0.05, 0) is 0 Å². The van der Waals surface area contributed by atoms with E-state index in [9.17, 15) is 19.2 Å². The molecule has 0 amide bonds. The minimum Gasteiger partial charge on any atom is -0.479 e. The zero-order chi connectivity index (χ0) is 15.4. The molecule has 0 bridgehead atoms. The van der Waals surface area contributed by atoms with Crippen molar-refractivity contribution in [1.29, 1.82) is 0 Å². The second kappa shape index (κ2) is 6.33. The van der Waals surface area contributed by atoms with E-state index in [4.69, 9.17) is 24.1 Å².